The number of para-hydroxylation sites is 1. The van der Waals surface area contributed by atoms with Gasteiger partial charge in [0.05, 0.1) is 12.8 Å². The quantitative estimate of drug-likeness (QED) is 0.446. The highest BCUT2D eigenvalue weighted by molar-refractivity contribution is 7.99. The van der Waals surface area contributed by atoms with Gasteiger partial charge in [0.15, 0.2) is 5.13 Å². The van der Waals surface area contributed by atoms with Gasteiger partial charge < -0.3 is 14.8 Å². The van der Waals surface area contributed by atoms with E-state index in [1.165, 1.54) is 17.4 Å². The van der Waals surface area contributed by atoms with Gasteiger partial charge in [-0.2, -0.15) is 8.78 Å². The van der Waals surface area contributed by atoms with Crippen LogP contribution in [0.2, 0.25) is 0 Å². The second-order valence-electron chi connectivity index (χ2n) is 5.73. The van der Waals surface area contributed by atoms with Gasteiger partial charge in [0.25, 0.3) is 0 Å². The van der Waals surface area contributed by atoms with Gasteiger partial charge in [0, 0.05) is 28.0 Å². The molecule has 152 valence electrons. The molecule has 0 aliphatic carbocycles. The maximum absolute atomic E-state index is 12.6. The number of rotatable bonds is 9. The average Bonchev–Trinajstić information content (AvgIpc) is 3.16. The maximum atomic E-state index is 12.6. The van der Waals surface area contributed by atoms with E-state index >= 15 is 0 Å². The van der Waals surface area contributed by atoms with Crippen molar-refractivity contribution in [3.05, 3.63) is 53.9 Å². The van der Waals surface area contributed by atoms with Gasteiger partial charge in [0.2, 0.25) is 5.91 Å². The summed E-state index contributed by atoms with van der Waals surface area (Å²) in [5.74, 6) is 1.28. The zero-order valence-corrected chi connectivity index (χ0v) is 17.1. The summed E-state index contributed by atoms with van der Waals surface area (Å²) in [5, 5.41) is 4.84. The van der Waals surface area contributed by atoms with Crippen molar-refractivity contribution in [2.24, 2.45) is 0 Å². The number of anilines is 1. The molecular formula is C20H18F2N2O3S2. The van der Waals surface area contributed by atoms with Gasteiger partial charge in [-0.3, -0.25) is 4.79 Å². The minimum Gasteiger partial charge on any atom is -0.497 e. The molecule has 1 heterocycles. The molecule has 0 spiro atoms. The van der Waals surface area contributed by atoms with E-state index < -0.39 is 6.61 Å². The number of nitrogens with zero attached hydrogens (tertiary/aromatic N) is 1. The van der Waals surface area contributed by atoms with Crippen molar-refractivity contribution in [1.82, 2.24) is 4.98 Å². The first-order valence-electron chi connectivity index (χ1n) is 8.61. The van der Waals surface area contributed by atoms with Gasteiger partial charge in [-0.05, 0) is 36.4 Å². The third-order valence-corrected chi connectivity index (χ3v) is 5.56. The number of thioether (sulfide) groups is 1. The van der Waals surface area contributed by atoms with Crippen molar-refractivity contribution in [3.63, 3.8) is 0 Å². The maximum Gasteiger partial charge on any atom is 0.387 e. The first kappa shape index (κ1) is 21.1. The van der Waals surface area contributed by atoms with Crippen LogP contribution in [0.25, 0.3) is 11.3 Å². The lowest BCUT2D eigenvalue weighted by Gasteiger charge is -2.08. The summed E-state index contributed by atoms with van der Waals surface area (Å²) in [4.78, 5) is 17.5. The molecule has 0 bridgehead atoms. The Kier molecular flexibility index (Phi) is 7.42. The predicted octanol–water partition coefficient (Wildman–Crippen LogP) is 5.54. The Morgan fingerprint density at radius 1 is 1.21 bits per heavy atom. The van der Waals surface area contributed by atoms with E-state index in [2.05, 4.69) is 15.0 Å². The lowest BCUT2D eigenvalue weighted by atomic mass is 10.1. The lowest BCUT2D eigenvalue weighted by Crippen LogP contribution is -2.11. The first-order valence-corrected chi connectivity index (χ1v) is 10.5. The Balaban J connectivity index is 1.54. The van der Waals surface area contributed by atoms with Crippen LogP contribution in [0.4, 0.5) is 13.9 Å². The molecule has 0 fully saturated rings. The van der Waals surface area contributed by atoms with Crippen molar-refractivity contribution in [2.75, 3.05) is 18.2 Å². The van der Waals surface area contributed by atoms with Crippen LogP contribution in [0.15, 0.2) is 58.8 Å². The van der Waals surface area contributed by atoms with Crippen LogP contribution in [0.5, 0.6) is 11.5 Å². The molecule has 1 aromatic heterocycles. The second kappa shape index (κ2) is 10.2. The lowest BCUT2D eigenvalue weighted by molar-refractivity contribution is -0.115. The van der Waals surface area contributed by atoms with E-state index in [9.17, 15) is 13.6 Å². The average molecular weight is 437 g/mol. The van der Waals surface area contributed by atoms with Gasteiger partial charge in [0.1, 0.15) is 11.5 Å². The fourth-order valence-corrected chi connectivity index (χ4v) is 4.03. The molecule has 5 nitrogen and oxygen atoms in total. The van der Waals surface area contributed by atoms with Crippen LogP contribution in [-0.2, 0) is 4.79 Å². The summed E-state index contributed by atoms with van der Waals surface area (Å²) in [6, 6.07) is 14.0. The normalized spacial score (nSPS) is 10.8. The van der Waals surface area contributed by atoms with Crippen LogP contribution < -0.4 is 14.8 Å². The van der Waals surface area contributed by atoms with Crippen LogP contribution in [0.1, 0.15) is 6.42 Å². The third kappa shape index (κ3) is 6.16. The van der Waals surface area contributed by atoms with Gasteiger partial charge in [-0.1, -0.05) is 12.1 Å². The number of alkyl halides is 2. The number of halogens is 2. The Labute approximate surface area is 175 Å². The number of nitrogens with one attached hydrogen (secondary N) is 1. The molecule has 3 rings (SSSR count). The molecule has 0 atom stereocenters. The zero-order valence-electron chi connectivity index (χ0n) is 15.4. The largest absolute Gasteiger partial charge is 0.497 e. The number of benzene rings is 2. The number of carbonyl (C=O) groups excluding carboxylic acids is 1. The van der Waals surface area contributed by atoms with Crippen molar-refractivity contribution in [3.8, 4) is 22.8 Å². The number of hydrogen-bond acceptors (Lipinski definition) is 6. The predicted molar refractivity (Wildman–Crippen MR) is 111 cm³/mol. The molecular weight excluding hydrogens is 418 g/mol. The summed E-state index contributed by atoms with van der Waals surface area (Å²) in [7, 11) is 1.61. The van der Waals surface area contributed by atoms with Crippen LogP contribution in [-0.4, -0.2) is 30.4 Å². The summed E-state index contributed by atoms with van der Waals surface area (Å²) >= 11 is 2.79. The molecule has 0 unspecified atom stereocenters. The molecule has 0 saturated heterocycles. The van der Waals surface area contributed by atoms with Gasteiger partial charge >= 0.3 is 6.61 Å². The molecule has 9 heteroatoms. The minimum absolute atomic E-state index is 0.0431. The van der Waals surface area contributed by atoms with Crippen LogP contribution in [0.3, 0.4) is 0 Å². The Bertz CT molecular complexity index is 949. The van der Waals surface area contributed by atoms with E-state index in [0.29, 0.717) is 28.6 Å². The third-order valence-electron chi connectivity index (χ3n) is 3.79. The summed E-state index contributed by atoms with van der Waals surface area (Å²) in [6.45, 7) is -2.92. The molecule has 0 saturated carbocycles. The van der Waals surface area contributed by atoms with Crippen LogP contribution in [0, 0.1) is 0 Å². The Morgan fingerprint density at radius 3 is 2.69 bits per heavy atom. The Hall–Kier alpha value is -2.65. The molecule has 1 N–H and O–H groups in total. The first-order chi connectivity index (χ1) is 14.0. The van der Waals surface area contributed by atoms with Crippen molar-refractivity contribution in [2.45, 2.75) is 17.9 Å². The van der Waals surface area contributed by atoms with E-state index in [1.54, 1.807) is 42.5 Å². The van der Waals surface area contributed by atoms with Crippen molar-refractivity contribution >= 4 is 34.1 Å². The fourth-order valence-electron chi connectivity index (χ4n) is 2.45. The summed E-state index contributed by atoms with van der Waals surface area (Å²) < 4.78 is 34.8. The molecule has 0 radical (unpaired) electrons. The molecule has 29 heavy (non-hydrogen) atoms. The highest BCUT2D eigenvalue weighted by Gasteiger charge is 2.14. The number of aromatic nitrogens is 1. The van der Waals surface area contributed by atoms with Crippen molar-refractivity contribution in [1.29, 1.82) is 0 Å². The van der Waals surface area contributed by atoms with E-state index in [-0.39, 0.29) is 11.7 Å². The fraction of sp³-hybridized carbons (Fsp3) is 0.200. The van der Waals surface area contributed by atoms with E-state index in [1.807, 2.05) is 24.3 Å². The van der Waals surface area contributed by atoms with Gasteiger partial charge in [-0.25, -0.2) is 4.98 Å². The van der Waals surface area contributed by atoms with Gasteiger partial charge in [-0.15, -0.1) is 23.1 Å². The van der Waals surface area contributed by atoms with Crippen molar-refractivity contribution < 1.29 is 23.0 Å². The smallest absolute Gasteiger partial charge is 0.387 e. The molecule has 0 aliphatic heterocycles. The summed E-state index contributed by atoms with van der Waals surface area (Å²) in [6.07, 6.45) is 0.316. The standard InChI is InChI=1S/C20H18F2N2O3S2/c1-26-13-6-8-14(9-7-13)28-11-10-18(25)24-20-23-16(12-29-20)15-4-2-3-5-17(15)27-19(21)22/h2-9,12,19H,10-11H2,1H3,(H,23,24,25). The number of hydrogen-bond donors (Lipinski definition) is 1. The van der Waals surface area contributed by atoms with Crippen LogP contribution >= 0.6 is 23.1 Å². The molecule has 2 aromatic carbocycles. The van der Waals surface area contributed by atoms with E-state index in [0.717, 1.165) is 10.6 Å². The highest BCUT2D eigenvalue weighted by Crippen LogP contribution is 2.33. The zero-order chi connectivity index (χ0) is 20.6. The molecule has 0 aliphatic rings. The molecule has 1 amide bonds. The highest BCUT2D eigenvalue weighted by atomic mass is 32.2. The second-order valence-corrected chi connectivity index (χ2v) is 7.76. The Morgan fingerprint density at radius 2 is 1.97 bits per heavy atom. The monoisotopic (exact) mass is 436 g/mol. The SMILES string of the molecule is COc1ccc(SCCC(=O)Nc2nc(-c3ccccc3OC(F)F)cs2)cc1. The van der Waals surface area contributed by atoms with E-state index in [4.69, 9.17) is 4.74 Å². The number of methoxy groups -OCH3 is 1. The minimum atomic E-state index is -2.92. The topological polar surface area (TPSA) is 60.5 Å². The number of ether oxygens (including phenoxy) is 2. The molecule has 3 aromatic rings. The number of carbonyl (C=O) groups is 1. The number of thiazole rings is 1. The summed E-state index contributed by atoms with van der Waals surface area (Å²) in [5.41, 5.74) is 0.911. The number of amides is 1.